The third-order valence-corrected chi connectivity index (χ3v) is 6.84. The second-order valence-electron chi connectivity index (χ2n) is 12.3. The lowest BCUT2D eigenvalue weighted by Gasteiger charge is -2.28. The fourth-order valence-electron chi connectivity index (χ4n) is 4.52. The number of amides is 3. The summed E-state index contributed by atoms with van der Waals surface area (Å²) in [6, 6.07) is 18.7. The Morgan fingerprint density at radius 3 is 1.90 bits per heavy atom. The molecule has 0 aliphatic carbocycles. The Morgan fingerprint density at radius 1 is 0.708 bits per heavy atom. The van der Waals surface area contributed by atoms with Gasteiger partial charge in [0.05, 0.1) is 19.8 Å². The predicted octanol–water partition coefficient (Wildman–Crippen LogP) is 5.65. The molecule has 0 spiro atoms. The topological polar surface area (TPSA) is 137 Å². The van der Waals surface area contributed by atoms with E-state index in [1.54, 1.807) is 0 Å². The lowest BCUT2D eigenvalue weighted by molar-refractivity contribution is 0.0376. The molecule has 12 heteroatoms. The number of carbonyl (C=O) groups is 3. The number of hydrogen-bond donors (Lipinski definition) is 3. The minimum absolute atomic E-state index is 0.159. The van der Waals surface area contributed by atoms with Crippen LogP contribution in [0.25, 0.3) is 0 Å². The summed E-state index contributed by atoms with van der Waals surface area (Å²) in [6.07, 6.45) is 1.57. The highest BCUT2D eigenvalue weighted by atomic mass is 16.6. The van der Waals surface area contributed by atoms with Crippen molar-refractivity contribution in [2.75, 3.05) is 59.2 Å². The van der Waals surface area contributed by atoms with Gasteiger partial charge in [0.15, 0.2) is 0 Å². The van der Waals surface area contributed by atoms with Crippen LogP contribution in [0.3, 0.4) is 0 Å². The molecule has 268 valence electrons. The molecule has 0 aliphatic heterocycles. The van der Waals surface area contributed by atoms with Crippen molar-refractivity contribution in [2.24, 2.45) is 0 Å². The lowest BCUT2D eigenvalue weighted by atomic mass is 10.1. The number of rotatable bonds is 23. The Hall–Kier alpha value is -3.87. The molecule has 0 radical (unpaired) electrons. The van der Waals surface area contributed by atoms with Crippen molar-refractivity contribution in [3.8, 4) is 0 Å². The van der Waals surface area contributed by atoms with E-state index in [0.717, 1.165) is 24.0 Å². The summed E-state index contributed by atoms with van der Waals surface area (Å²) in [7, 11) is 0. The monoisotopic (exact) mass is 672 g/mol. The van der Waals surface area contributed by atoms with Crippen LogP contribution in [0.2, 0.25) is 0 Å². The summed E-state index contributed by atoms with van der Waals surface area (Å²) in [5.74, 6) is 0. The van der Waals surface area contributed by atoms with Gasteiger partial charge in [-0.2, -0.15) is 0 Å². The van der Waals surface area contributed by atoms with Crippen molar-refractivity contribution in [2.45, 2.75) is 78.2 Å². The molecule has 0 heterocycles. The lowest BCUT2D eigenvalue weighted by Crippen LogP contribution is -2.47. The molecule has 12 nitrogen and oxygen atoms in total. The van der Waals surface area contributed by atoms with Crippen LogP contribution in [0.15, 0.2) is 60.7 Å². The van der Waals surface area contributed by atoms with Crippen LogP contribution in [0.5, 0.6) is 0 Å². The Labute approximate surface area is 286 Å². The first-order chi connectivity index (χ1) is 23.1. The van der Waals surface area contributed by atoms with E-state index in [1.807, 2.05) is 81.4 Å². The average molecular weight is 673 g/mol. The Bertz CT molecular complexity index is 1150. The number of hydrogen-bond acceptors (Lipinski definition) is 9. The highest BCUT2D eigenvalue weighted by Gasteiger charge is 2.19. The predicted molar refractivity (Wildman–Crippen MR) is 185 cm³/mol. The smallest absolute Gasteiger partial charge is 0.407 e. The molecular weight excluding hydrogens is 616 g/mol. The molecule has 1 atom stereocenters. The van der Waals surface area contributed by atoms with Gasteiger partial charge in [-0.1, -0.05) is 67.6 Å². The second-order valence-corrected chi connectivity index (χ2v) is 12.3. The maximum absolute atomic E-state index is 12.9. The first-order valence-corrected chi connectivity index (χ1v) is 16.9. The Kier molecular flexibility index (Phi) is 20.4. The van der Waals surface area contributed by atoms with Crippen LogP contribution in [0.4, 0.5) is 14.4 Å². The molecule has 2 aromatic rings. The maximum Gasteiger partial charge on any atom is 0.407 e. The van der Waals surface area contributed by atoms with E-state index in [4.69, 9.17) is 23.7 Å². The molecule has 0 aliphatic rings. The summed E-state index contributed by atoms with van der Waals surface area (Å²) >= 11 is 0. The minimum Gasteiger partial charge on any atom is -0.445 e. The fourth-order valence-corrected chi connectivity index (χ4v) is 4.52. The molecule has 3 N–H and O–H groups in total. The third kappa shape index (κ3) is 21.1. The molecule has 3 amide bonds. The molecule has 0 bridgehead atoms. The van der Waals surface area contributed by atoms with Crippen LogP contribution in [-0.2, 0) is 36.9 Å². The van der Waals surface area contributed by atoms with Crippen molar-refractivity contribution in [3.05, 3.63) is 71.8 Å². The highest BCUT2D eigenvalue weighted by Crippen LogP contribution is 2.09. The summed E-state index contributed by atoms with van der Waals surface area (Å²) < 4.78 is 27.5. The molecule has 0 aromatic heterocycles. The van der Waals surface area contributed by atoms with Crippen LogP contribution >= 0.6 is 0 Å². The largest absolute Gasteiger partial charge is 0.445 e. The number of alkyl carbamates (subject to hydrolysis) is 3. The SMILES string of the molecule is CCCOCCOCCN(CCNC(=O)OCc1ccccc1)CC(CCCCNC(=O)OC(C)(C)C)NC(=O)OCc1ccccc1. The minimum atomic E-state index is -0.567. The standard InChI is InChI=1S/C36H56N4O8/c1-5-23-44-25-26-45-24-22-40(21-20-38-33(41)46-28-30-14-8-6-9-15-30)27-32(18-12-13-19-37-34(42)48-36(2,3)4)39-35(43)47-29-31-16-10-7-11-17-31/h6-11,14-17,32H,5,12-13,18-29H2,1-4H3,(H,37,42)(H,38,41)(H,39,43). The van der Waals surface area contributed by atoms with Gasteiger partial charge in [-0.25, -0.2) is 14.4 Å². The van der Waals surface area contributed by atoms with Crippen molar-refractivity contribution in [1.82, 2.24) is 20.9 Å². The van der Waals surface area contributed by atoms with Gasteiger partial charge in [-0.3, -0.25) is 4.90 Å². The zero-order valence-corrected chi connectivity index (χ0v) is 29.2. The number of nitrogens with zero attached hydrogens (tertiary/aromatic N) is 1. The van der Waals surface area contributed by atoms with Crippen LogP contribution in [-0.4, -0.2) is 94.0 Å². The summed E-state index contributed by atoms with van der Waals surface area (Å²) in [5.41, 5.74) is 1.23. The zero-order valence-electron chi connectivity index (χ0n) is 29.2. The Balaban J connectivity index is 1.95. The van der Waals surface area contributed by atoms with Gasteiger partial charge in [0.2, 0.25) is 0 Å². The van der Waals surface area contributed by atoms with Gasteiger partial charge in [-0.05, 0) is 57.6 Å². The normalized spacial score (nSPS) is 11.9. The summed E-state index contributed by atoms with van der Waals surface area (Å²) in [5, 5.41) is 8.62. The van der Waals surface area contributed by atoms with Crippen molar-refractivity contribution < 1.29 is 38.1 Å². The quantitative estimate of drug-likeness (QED) is 0.101. The van der Waals surface area contributed by atoms with E-state index in [-0.39, 0.29) is 19.3 Å². The van der Waals surface area contributed by atoms with E-state index in [0.29, 0.717) is 72.0 Å². The molecule has 0 fully saturated rings. The molecule has 1 unspecified atom stereocenters. The molecule has 2 aromatic carbocycles. The fraction of sp³-hybridized carbons (Fsp3) is 0.583. The molecular formula is C36H56N4O8. The number of nitrogens with one attached hydrogen (secondary N) is 3. The van der Waals surface area contributed by atoms with Crippen LogP contribution < -0.4 is 16.0 Å². The van der Waals surface area contributed by atoms with Gasteiger partial charge in [0.25, 0.3) is 0 Å². The number of carbonyl (C=O) groups excluding carboxylic acids is 3. The molecule has 0 saturated heterocycles. The van der Waals surface area contributed by atoms with E-state index in [1.165, 1.54) is 0 Å². The molecule has 2 rings (SSSR count). The number of unbranched alkanes of at least 4 members (excludes halogenated alkanes) is 1. The first-order valence-electron chi connectivity index (χ1n) is 16.9. The van der Waals surface area contributed by atoms with Crippen molar-refractivity contribution >= 4 is 18.3 Å². The van der Waals surface area contributed by atoms with Crippen LogP contribution in [0, 0.1) is 0 Å². The first kappa shape index (κ1) is 40.3. The molecule has 48 heavy (non-hydrogen) atoms. The zero-order chi connectivity index (χ0) is 34.9. The van der Waals surface area contributed by atoms with Gasteiger partial charge < -0.3 is 39.6 Å². The third-order valence-electron chi connectivity index (χ3n) is 6.84. The van der Waals surface area contributed by atoms with E-state index >= 15 is 0 Å². The van der Waals surface area contributed by atoms with E-state index in [2.05, 4.69) is 27.8 Å². The van der Waals surface area contributed by atoms with Crippen molar-refractivity contribution in [1.29, 1.82) is 0 Å². The number of benzene rings is 2. The molecule has 0 saturated carbocycles. The maximum atomic E-state index is 12.9. The second kappa shape index (κ2) is 24.3. The van der Waals surface area contributed by atoms with Gasteiger partial charge in [0, 0.05) is 45.4 Å². The summed E-state index contributed by atoms with van der Waals surface area (Å²) in [6.45, 7) is 12.4. The van der Waals surface area contributed by atoms with Gasteiger partial charge in [-0.15, -0.1) is 0 Å². The van der Waals surface area contributed by atoms with Gasteiger partial charge >= 0.3 is 18.3 Å². The highest BCUT2D eigenvalue weighted by molar-refractivity contribution is 5.68. The van der Waals surface area contributed by atoms with Gasteiger partial charge in [0.1, 0.15) is 18.8 Å². The average Bonchev–Trinajstić information content (AvgIpc) is 3.05. The number of ether oxygens (including phenoxy) is 5. The van der Waals surface area contributed by atoms with Crippen molar-refractivity contribution in [3.63, 3.8) is 0 Å². The van der Waals surface area contributed by atoms with E-state index < -0.39 is 23.9 Å². The summed E-state index contributed by atoms with van der Waals surface area (Å²) in [4.78, 5) is 39.4. The Morgan fingerprint density at radius 2 is 1.29 bits per heavy atom. The van der Waals surface area contributed by atoms with E-state index in [9.17, 15) is 14.4 Å². The van der Waals surface area contributed by atoms with Crippen LogP contribution in [0.1, 0.15) is 64.5 Å².